The first-order chi connectivity index (χ1) is 12.3. The van der Waals surface area contributed by atoms with Crippen LogP contribution >= 0.6 is 0 Å². The Balaban J connectivity index is 2.07. The summed E-state index contributed by atoms with van der Waals surface area (Å²) in [6.45, 7) is 5.14. The smallest absolute Gasteiger partial charge is 0.436 e. The number of hydrogen-bond acceptors (Lipinski definition) is 4. The minimum Gasteiger partial charge on any atom is -0.442 e. The van der Waals surface area contributed by atoms with Gasteiger partial charge in [0.25, 0.3) is 11.8 Å². The lowest BCUT2D eigenvalue weighted by Crippen LogP contribution is -2.38. The first-order valence-electron chi connectivity index (χ1n) is 8.13. The van der Waals surface area contributed by atoms with Crippen LogP contribution in [0.25, 0.3) is 0 Å². The molecule has 3 amide bonds. The van der Waals surface area contributed by atoms with Gasteiger partial charge in [0.2, 0.25) is 0 Å². The maximum atomic E-state index is 12.8. The normalized spacial score (nSPS) is 14.4. The summed E-state index contributed by atoms with van der Waals surface area (Å²) in [6, 6.07) is 15.1. The van der Waals surface area contributed by atoms with E-state index < -0.39 is 23.5 Å². The summed E-state index contributed by atoms with van der Waals surface area (Å²) < 4.78 is 5.22. The van der Waals surface area contributed by atoms with E-state index in [1.807, 2.05) is 0 Å². The summed E-state index contributed by atoms with van der Waals surface area (Å²) in [5.74, 6) is -1.08. The molecule has 0 unspecified atom stereocenters. The molecule has 132 valence electrons. The largest absolute Gasteiger partial charge is 0.442 e. The number of hydrogen-bond donors (Lipinski definition) is 0. The van der Waals surface area contributed by atoms with Crippen molar-refractivity contribution in [3.63, 3.8) is 0 Å². The fraction of sp³-hybridized carbons (Fsp3) is 0.200. The number of aliphatic imine (C=N–C) groups is 1. The Morgan fingerprint density at radius 2 is 1.38 bits per heavy atom. The van der Waals surface area contributed by atoms with Gasteiger partial charge in [0.1, 0.15) is 5.60 Å². The number of carbonyl (C=O) groups excluding carboxylic acids is 3. The predicted molar refractivity (Wildman–Crippen MR) is 96.2 cm³/mol. The van der Waals surface area contributed by atoms with E-state index >= 15 is 0 Å². The molecule has 1 aliphatic rings. The highest BCUT2D eigenvalue weighted by Gasteiger charge is 2.39. The number of ether oxygens (including phenoxy) is 1. The topological polar surface area (TPSA) is 76.0 Å². The molecule has 0 N–H and O–H groups in total. The van der Waals surface area contributed by atoms with Crippen molar-refractivity contribution in [3.8, 4) is 0 Å². The molecule has 6 heteroatoms. The van der Waals surface area contributed by atoms with Crippen LogP contribution in [0.4, 0.5) is 4.79 Å². The standard InChI is InChI=1S/C20H18N2O4/c1-20(2,3)26-19(25)21-16(13-9-5-4-6-10-13)22-17(23)14-11-7-8-12-15(14)18(22)24/h4-12H,1-3H3/b21-16-. The lowest BCUT2D eigenvalue weighted by atomic mass is 10.1. The second-order valence-electron chi connectivity index (χ2n) is 6.77. The zero-order valence-electron chi connectivity index (χ0n) is 14.7. The van der Waals surface area contributed by atoms with Crippen LogP contribution in [0.5, 0.6) is 0 Å². The van der Waals surface area contributed by atoms with Gasteiger partial charge >= 0.3 is 6.09 Å². The summed E-state index contributed by atoms with van der Waals surface area (Å²) in [5, 5.41) is 0. The third-order valence-electron chi connectivity index (χ3n) is 3.63. The second kappa shape index (κ2) is 6.55. The van der Waals surface area contributed by atoms with Gasteiger partial charge in [0.15, 0.2) is 5.84 Å². The fourth-order valence-electron chi connectivity index (χ4n) is 2.58. The van der Waals surface area contributed by atoms with E-state index in [1.165, 1.54) is 0 Å². The number of imide groups is 1. The molecule has 0 aromatic heterocycles. The van der Waals surface area contributed by atoms with E-state index in [-0.39, 0.29) is 17.0 Å². The van der Waals surface area contributed by atoms with Gasteiger partial charge in [-0.25, -0.2) is 9.69 Å². The van der Waals surface area contributed by atoms with Crippen LogP contribution in [0.3, 0.4) is 0 Å². The lowest BCUT2D eigenvalue weighted by molar-refractivity contribution is 0.0602. The van der Waals surface area contributed by atoms with Crippen molar-refractivity contribution in [3.05, 3.63) is 71.3 Å². The molecule has 1 heterocycles. The molecule has 2 aromatic rings. The minimum absolute atomic E-state index is 0.0500. The van der Waals surface area contributed by atoms with Gasteiger partial charge in [-0.3, -0.25) is 9.59 Å². The highest BCUT2D eigenvalue weighted by atomic mass is 16.6. The van der Waals surface area contributed by atoms with Gasteiger partial charge in [-0.1, -0.05) is 42.5 Å². The van der Waals surface area contributed by atoms with Crippen LogP contribution in [-0.4, -0.2) is 34.2 Å². The third-order valence-corrected chi connectivity index (χ3v) is 3.63. The Kier molecular flexibility index (Phi) is 4.42. The average molecular weight is 350 g/mol. The van der Waals surface area contributed by atoms with E-state index in [2.05, 4.69) is 4.99 Å². The molecular formula is C20H18N2O4. The van der Waals surface area contributed by atoms with E-state index in [9.17, 15) is 14.4 Å². The van der Waals surface area contributed by atoms with Crippen LogP contribution in [0.1, 0.15) is 47.1 Å². The molecule has 0 atom stereocenters. The molecule has 0 saturated carbocycles. The van der Waals surface area contributed by atoms with Crippen molar-refractivity contribution in [2.45, 2.75) is 26.4 Å². The highest BCUT2D eigenvalue weighted by Crippen LogP contribution is 2.25. The Labute approximate surface area is 151 Å². The van der Waals surface area contributed by atoms with Crippen molar-refractivity contribution < 1.29 is 19.1 Å². The van der Waals surface area contributed by atoms with Crippen molar-refractivity contribution in [1.82, 2.24) is 4.90 Å². The fourth-order valence-corrected chi connectivity index (χ4v) is 2.58. The van der Waals surface area contributed by atoms with Gasteiger partial charge in [0.05, 0.1) is 11.1 Å². The number of benzene rings is 2. The van der Waals surface area contributed by atoms with Crippen LogP contribution < -0.4 is 0 Å². The molecule has 0 radical (unpaired) electrons. The first-order valence-corrected chi connectivity index (χ1v) is 8.13. The monoisotopic (exact) mass is 350 g/mol. The van der Waals surface area contributed by atoms with Gasteiger partial charge in [-0.05, 0) is 32.9 Å². The predicted octanol–water partition coefficient (Wildman–Crippen LogP) is 3.66. The van der Waals surface area contributed by atoms with Crippen molar-refractivity contribution in [1.29, 1.82) is 0 Å². The van der Waals surface area contributed by atoms with Gasteiger partial charge in [-0.15, -0.1) is 0 Å². The zero-order valence-corrected chi connectivity index (χ0v) is 14.7. The molecule has 0 spiro atoms. The minimum atomic E-state index is -0.868. The third kappa shape index (κ3) is 3.39. The summed E-state index contributed by atoms with van der Waals surface area (Å²) in [6.07, 6.45) is -0.868. The summed E-state index contributed by atoms with van der Waals surface area (Å²) in [5.41, 5.74) is 0.285. The van der Waals surface area contributed by atoms with E-state index in [1.54, 1.807) is 75.4 Å². The number of nitrogens with zero attached hydrogens (tertiary/aromatic N) is 2. The quantitative estimate of drug-likeness (QED) is 0.447. The zero-order chi connectivity index (χ0) is 18.9. The van der Waals surface area contributed by atoms with Crippen LogP contribution in [0, 0.1) is 0 Å². The van der Waals surface area contributed by atoms with E-state index in [0.29, 0.717) is 5.56 Å². The van der Waals surface area contributed by atoms with Gasteiger partial charge in [0, 0.05) is 5.56 Å². The highest BCUT2D eigenvalue weighted by molar-refractivity contribution is 6.32. The van der Waals surface area contributed by atoms with Crippen LogP contribution in [0.2, 0.25) is 0 Å². The number of amides is 3. The molecule has 0 fully saturated rings. The molecule has 0 saturated heterocycles. The Hall–Kier alpha value is -3.28. The Bertz CT molecular complexity index is 876. The van der Waals surface area contributed by atoms with Gasteiger partial charge < -0.3 is 4.74 Å². The number of rotatable bonds is 1. The van der Waals surface area contributed by atoms with Crippen molar-refractivity contribution in [2.75, 3.05) is 0 Å². The van der Waals surface area contributed by atoms with E-state index in [4.69, 9.17) is 4.74 Å². The summed E-state index contributed by atoms with van der Waals surface area (Å²) in [4.78, 5) is 42.6. The molecule has 1 aliphatic heterocycles. The molecular weight excluding hydrogens is 332 g/mol. The molecule has 0 bridgehead atoms. The molecule has 3 rings (SSSR count). The maximum Gasteiger partial charge on any atom is 0.436 e. The maximum absolute atomic E-state index is 12.8. The second-order valence-corrected chi connectivity index (χ2v) is 6.77. The summed E-state index contributed by atoms with van der Waals surface area (Å²) >= 11 is 0. The number of fused-ring (bicyclic) bond motifs is 1. The van der Waals surface area contributed by atoms with E-state index in [0.717, 1.165) is 4.90 Å². The van der Waals surface area contributed by atoms with Gasteiger partial charge in [-0.2, -0.15) is 4.99 Å². The molecule has 2 aromatic carbocycles. The summed E-state index contributed by atoms with van der Waals surface area (Å²) in [7, 11) is 0. The molecule has 0 aliphatic carbocycles. The van der Waals surface area contributed by atoms with Crippen LogP contribution in [0.15, 0.2) is 59.6 Å². The molecule has 6 nitrogen and oxygen atoms in total. The number of carbonyl (C=O) groups is 3. The van der Waals surface area contributed by atoms with Crippen LogP contribution in [-0.2, 0) is 4.74 Å². The average Bonchev–Trinajstić information content (AvgIpc) is 2.84. The SMILES string of the molecule is CC(C)(C)OC(=O)/N=C(/c1ccccc1)N1C(=O)c2ccccc2C1=O. The lowest BCUT2D eigenvalue weighted by Gasteiger charge is -2.20. The first kappa shape index (κ1) is 17.5. The van der Waals surface area contributed by atoms with Crippen molar-refractivity contribution >= 4 is 23.7 Å². The van der Waals surface area contributed by atoms with Crippen molar-refractivity contribution in [2.24, 2.45) is 4.99 Å². The number of amidine groups is 1. The molecule has 26 heavy (non-hydrogen) atoms. The Morgan fingerprint density at radius 1 is 0.885 bits per heavy atom. The Morgan fingerprint density at radius 3 is 1.88 bits per heavy atom.